The summed E-state index contributed by atoms with van der Waals surface area (Å²) in [6.45, 7) is 13.4. The Bertz CT molecular complexity index is 710. The van der Waals surface area contributed by atoms with Crippen LogP contribution < -0.4 is 0 Å². The fourth-order valence-electron chi connectivity index (χ4n) is 4.96. The Morgan fingerprint density at radius 2 is 1.56 bits per heavy atom. The van der Waals surface area contributed by atoms with Crippen molar-refractivity contribution in [2.45, 2.75) is 47.5 Å². The lowest BCUT2D eigenvalue weighted by molar-refractivity contribution is -0.136. The standard InChI is InChI=1S/C19H32N6O2/c1-7-14(8-2)13(3)16(26)24-9-18(4)11-25(12-19(18,5)10-24)17(27)15-20-22-23(6)21-15/h13-14H,7-12H2,1-6H3/t13?,18-,19+. The molecular formula is C19H32N6O2. The van der Waals surface area contributed by atoms with Gasteiger partial charge in [0.15, 0.2) is 0 Å². The quantitative estimate of drug-likeness (QED) is 0.779. The van der Waals surface area contributed by atoms with Gasteiger partial charge in [0.1, 0.15) is 0 Å². The summed E-state index contributed by atoms with van der Waals surface area (Å²) >= 11 is 0. The molecule has 0 N–H and O–H groups in total. The summed E-state index contributed by atoms with van der Waals surface area (Å²) in [5.41, 5.74) is -0.234. The summed E-state index contributed by atoms with van der Waals surface area (Å²) in [6.07, 6.45) is 2.05. The lowest BCUT2D eigenvalue weighted by Crippen LogP contribution is -2.41. The van der Waals surface area contributed by atoms with Crippen molar-refractivity contribution in [1.82, 2.24) is 30.0 Å². The highest BCUT2D eigenvalue weighted by Gasteiger charge is 2.59. The van der Waals surface area contributed by atoms with E-state index in [1.165, 1.54) is 4.80 Å². The number of aromatic nitrogens is 4. The van der Waals surface area contributed by atoms with Crippen LogP contribution in [0.25, 0.3) is 0 Å². The molecule has 3 heterocycles. The average Bonchev–Trinajstić information content (AvgIpc) is 3.22. The van der Waals surface area contributed by atoms with E-state index in [9.17, 15) is 9.59 Å². The van der Waals surface area contributed by atoms with Crippen LogP contribution in [-0.4, -0.2) is 68.0 Å². The second kappa shape index (κ2) is 6.87. The monoisotopic (exact) mass is 376 g/mol. The van der Waals surface area contributed by atoms with Crippen LogP contribution in [0.5, 0.6) is 0 Å². The Kier molecular flexibility index (Phi) is 5.03. The van der Waals surface area contributed by atoms with Crippen molar-refractivity contribution < 1.29 is 9.59 Å². The molecule has 0 spiro atoms. The molecule has 2 saturated heterocycles. The van der Waals surface area contributed by atoms with E-state index in [0.717, 1.165) is 12.8 Å². The first-order chi connectivity index (χ1) is 12.6. The summed E-state index contributed by atoms with van der Waals surface area (Å²) in [5, 5.41) is 11.6. The number of tetrazole rings is 1. The van der Waals surface area contributed by atoms with Crippen molar-refractivity contribution in [2.75, 3.05) is 26.2 Å². The van der Waals surface area contributed by atoms with Crippen molar-refractivity contribution in [3.8, 4) is 0 Å². The predicted molar refractivity (Wildman–Crippen MR) is 101 cm³/mol. The molecule has 2 amide bonds. The topological polar surface area (TPSA) is 84.2 Å². The molecule has 1 unspecified atom stereocenters. The molecule has 3 rings (SSSR count). The van der Waals surface area contributed by atoms with E-state index in [0.29, 0.717) is 32.1 Å². The van der Waals surface area contributed by atoms with Crippen LogP contribution in [0, 0.1) is 22.7 Å². The van der Waals surface area contributed by atoms with Gasteiger partial charge in [-0.25, -0.2) is 0 Å². The second-order valence-corrected chi connectivity index (χ2v) is 8.94. The number of hydrogen-bond acceptors (Lipinski definition) is 5. The van der Waals surface area contributed by atoms with Crippen molar-refractivity contribution in [3.63, 3.8) is 0 Å². The highest BCUT2D eigenvalue weighted by molar-refractivity contribution is 5.90. The molecule has 150 valence electrons. The Hall–Kier alpha value is -1.99. The van der Waals surface area contributed by atoms with Gasteiger partial charge in [-0.15, -0.1) is 10.2 Å². The van der Waals surface area contributed by atoms with E-state index >= 15 is 0 Å². The van der Waals surface area contributed by atoms with Crippen molar-refractivity contribution in [1.29, 1.82) is 0 Å². The van der Waals surface area contributed by atoms with Crippen LogP contribution in [0.2, 0.25) is 0 Å². The maximum absolute atomic E-state index is 13.1. The number of likely N-dealkylation sites (tertiary alicyclic amines) is 2. The van der Waals surface area contributed by atoms with Gasteiger partial charge in [-0.3, -0.25) is 9.59 Å². The minimum Gasteiger partial charge on any atom is -0.341 e. The number of aryl methyl sites for hydroxylation is 1. The number of carbonyl (C=O) groups is 2. The Balaban J connectivity index is 1.72. The zero-order valence-corrected chi connectivity index (χ0v) is 17.4. The maximum Gasteiger partial charge on any atom is 0.295 e. The van der Waals surface area contributed by atoms with Gasteiger partial charge in [0.2, 0.25) is 5.91 Å². The first-order valence-corrected chi connectivity index (χ1v) is 9.96. The average molecular weight is 377 g/mol. The molecule has 27 heavy (non-hydrogen) atoms. The van der Waals surface area contributed by atoms with Crippen LogP contribution in [0.15, 0.2) is 0 Å². The highest BCUT2D eigenvalue weighted by Crippen LogP contribution is 2.52. The SMILES string of the molecule is CCC(CC)C(C)C(=O)N1C[C@]2(C)CN(C(=O)c3nnn(C)n3)C[C@]2(C)C1. The van der Waals surface area contributed by atoms with Crippen LogP contribution in [-0.2, 0) is 11.8 Å². The van der Waals surface area contributed by atoms with E-state index in [2.05, 4.69) is 50.0 Å². The molecule has 8 heteroatoms. The summed E-state index contributed by atoms with van der Waals surface area (Å²) in [6, 6.07) is 0. The molecule has 1 aromatic rings. The van der Waals surface area contributed by atoms with E-state index in [4.69, 9.17) is 0 Å². The summed E-state index contributed by atoms with van der Waals surface area (Å²) in [4.78, 5) is 31.0. The molecule has 0 radical (unpaired) electrons. The first-order valence-electron chi connectivity index (χ1n) is 9.96. The Labute approximate surface area is 161 Å². The third kappa shape index (κ3) is 3.23. The molecule has 0 aliphatic carbocycles. The Morgan fingerprint density at radius 1 is 1.04 bits per heavy atom. The van der Waals surface area contributed by atoms with Gasteiger partial charge in [-0.05, 0) is 11.1 Å². The Morgan fingerprint density at radius 3 is 2.00 bits per heavy atom. The number of fused-ring (bicyclic) bond motifs is 1. The zero-order valence-electron chi connectivity index (χ0n) is 17.4. The van der Waals surface area contributed by atoms with Gasteiger partial charge < -0.3 is 9.80 Å². The molecule has 8 nitrogen and oxygen atoms in total. The van der Waals surface area contributed by atoms with Gasteiger partial charge in [0, 0.05) is 42.9 Å². The second-order valence-electron chi connectivity index (χ2n) is 8.94. The summed E-state index contributed by atoms with van der Waals surface area (Å²) in [7, 11) is 1.65. The molecule has 0 saturated carbocycles. The fourth-order valence-corrected chi connectivity index (χ4v) is 4.96. The van der Waals surface area contributed by atoms with Crippen molar-refractivity contribution in [3.05, 3.63) is 5.82 Å². The van der Waals surface area contributed by atoms with Crippen LogP contribution in [0.4, 0.5) is 0 Å². The van der Waals surface area contributed by atoms with E-state index in [1.54, 1.807) is 7.05 Å². The maximum atomic E-state index is 13.1. The van der Waals surface area contributed by atoms with Crippen molar-refractivity contribution in [2.24, 2.45) is 29.7 Å². The van der Waals surface area contributed by atoms with E-state index in [1.807, 2.05) is 9.80 Å². The van der Waals surface area contributed by atoms with Gasteiger partial charge in [0.05, 0.1) is 7.05 Å². The van der Waals surface area contributed by atoms with Crippen LogP contribution >= 0.6 is 0 Å². The molecule has 2 aliphatic heterocycles. The minimum atomic E-state index is -0.178. The minimum absolute atomic E-state index is 0.0487. The normalized spacial score (nSPS) is 28.7. The lowest BCUT2D eigenvalue weighted by atomic mass is 9.71. The zero-order chi connectivity index (χ0) is 20.0. The number of carbonyl (C=O) groups excluding carboxylic acids is 2. The van der Waals surface area contributed by atoms with E-state index < -0.39 is 0 Å². The molecule has 1 aromatic heterocycles. The third-order valence-corrected chi connectivity index (χ3v) is 7.06. The molecule has 2 aliphatic rings. The molecule has 2 fully saturated rings. The fraction of sp³-hybridized carbons (Fsp3) is 0.842. The number of amides is 2. The van der Waals surface area contributed by atoms with Gasteiger partial charge in [-0.1, -0.05) is 47.5 Å². The number of hydrogen-bond donors (Lipinski definition) is 0. The van der Waals surface area contributed by atoms with Gasteiger partial charge in [0.25, 0.3) is 11.7 Å². The summed E-state index contributed by atoms with van der Waals surface area (Å²) < 4.78 is 0. The molecule has 0 aromatic carbocycles. The van der Waals surface area contributed by atoms with Crippen molar-refractivity contribution >= 4 is 11.8 Å². The smallest absolute Gasteiger partial charge is 0.295 e. The highest BCUT2D eigenvalue weighted by atomic mass is 16.2. The van der Waals surface area contributed by atoms with Gasteiger partial charge >= 0.3 is 0 Å². The molecular weight excluding hydrogens is 344 g/mol. The van der Waals surface area contributed by atoms with Gasteiger partial charge in [-0.2, -0.15) is 4.80 Å². The molecule has 3 atom stereocenters. The molecule has 0 bridgehead atoms. The summed E-state index contributed by atoms with van der Waals surface area (Å²) in [5.74, 6) is 0.698. The first kappa shape index (κ1) is 19.8. The largest absolute Gasteiger partial charge is 0.341 e. The van der Waals surface area contributed by atoms with Crippen LogP contribution in [0.3, 0.4) is 0 Å². The third-order valence-electron chi connectivity index (χ3n) is 7.06. The number of rotatable bonds is 5. The van der Waals surface area contributed by atoms with Crippen LogP contribution in [0.1, 0.15) is 58.1 Å². The predicted octanol–water partition coefficient (Wildman–Crippen LogP) is 1.59. The van der Waals surface area contributed by atoms with E-state index in [-0.39, 0.29) is 34.4 Å². The number of nitrogens with zero attached hydrogens (tertiary/aromatic N) is 6. The lowest BCUT2D eigenvalue weighted by Gasteiger charge is -2.29.